The van der Waals surface area contributed by atoms with Crippen LogP contribution in [0.15, 0.2) is 59.9 Å². The average molecular weight is 456 g/mol. The van der Waals surface area contributed by atoms with Crippen molar-refractivity contribution in [2.75, 3.05) is 43.4 Å². The van der Waals surface area contributed by atoms with E-state index in [0.29, 0.717) is 22.6 Å². The maximum Gasteiger partial charge on any atom is 0.256 e. The van der Waals surface area contributed by atoms with Gasteiger partial charge in [0, 0.05) is 41.8 Å². The second kappa shape index (κ2) is 8.18. The number of likely N-dealkylation sites (tertiary alicyclic amines) is 1. The van der Waals surface area contributed by atoms with E-state index in [1.165, 1.54) is 19.2 Å². The molecule has 172 valence electrons. The van der Waals surface area contributed by atoms with Crippen LogP contribution in [0.4, 0.5) is 11.6 Å². The SMILES string of the molecule is CN1CCC2(CC1)CN(c1nc3cnc(NC(=O)c4ccncc4)cc3cc1-c1cnco1)C2. The van der Waals surface area contributed by atoms with Crippen LogP contribution < -0.4 is 10.2 Å². The van der Waals surface area contributed by atoms with E-state index < -0.39 is 0 Å². The lowest BCUT2D eigenvalue weighted by atomic mass is 9.72. The fourth-order valence-corrected chi connectivity index (χ4v) is 4.92. The first kappa shape index (κ1) is 20.7. The molecule has 1 N–H and O–H groups in total. The third kappa shape index (κ3) is 3.77. The number of nitrogens with one attached hydrogen (secondary N) is 1. The number of hydrogen-bond donors (Lipinski definition) is 1. The van der Waals surface area contributed by atoms with Gasteiger partial charge in [-0.05, 0) is 57.2 Å². The minimum atomic E-state index is -0.238. The molecule has 0 radical (unpaired) electrons. The highest BCUT2D eigenvalue weighted by Crippen LogP contribution is 2.45. The van der Waals surface area contributed by atoms with Gasteiger partial charge in [0.05, 0.1) is 23.5 Å². The predicted molar refractivity (Wildman–Crippen MR) is 129 cm³/mol. The van der Waals surface area contributed by atoms with Crippen molar-refractivity contribution in [1.82, 2.24) is 24.8 Å². The van der Waals surface area contributed by atoms with Crippen molar-refractivity contribution in [1.29, 1.82) is 0 Å². The van der Waals surface area contributed by atoms with Crippen LogP contribution in [-0.4, -0.2) is 64.0 Å². The fourth-order valence-electron chi connectivity index (χ4n) is 4.92. The molecule has 0 aromatic carbocycles. The summed E-state index contributed by atoms with van der Waals surface area (Å²) in [7, 11) is 2.19. The molecule has 4 aromatic rings. The predicted octanol–water partition coefficient (Wildman–Crippen LogP) is 3.46. The Kier molecular flexibility index (Phi) is 4.99. The second-order valence-electron chi connectivity index (χ2n) is 9.34. The minimum absolute atomic E-state index is 0.238. The Hall–Kier alpha value is -3.85. The monoisotopic (exact) mass is 455 g/mol. The van der Waals surface area contributed by atoms with Crippen LogP contribution in [0, 0.1) is 5.41 Å². The lowest BCUT2D eigenvalue weighted by molar-refractivity contribution is 0.0902. The molecule has 9 nitrogen and oxygen atoms in total. The van der Waals surface area contributed by atoms with E-state index in [1.807, 2.05) is 12.1 Å². The number of carbonyl (C=O) groups is 1. The molecule has 2 aliphatic heterocycles. The normalized spacial score (nSPS) is 17.6. The van der Waals surface area contributed by atoms with E-state index in [4.69, 9.17) is 9.40 Å². The van der Waals surface area contributed by atoms with Gasteiger partial charge in [0.2, 0.25) is 0 Å². The van der Waals surface area contributed by atoms with Crippen molar-refractivity contribution < 1.29 is 9.21 Å². The van der Waals surface area contributed by atoms with E-state index in [0.717, 1.165) is 48.5 Å². The van der Waals surface area contributed by atoms with Crippen LogP contribution >= 0.6 is 0 Å². The van der Waals surface area contributed by atoms with E-state index in [2.05, 4.69) is 37.1 Å². The van der Waals surface area contributed by atoms with Gasteiger partial charge in [-0.25, -0.2) is 15.0 Å². The van der Waals surface area contributed by atoms with Crippen LogP contribution in [0.25, 0.3) is 22.2 Å². The van der Waals surface area contributed by atoms with Crippen molar-refractivity contribution >= 4 is 28.4 Å². The number of anilines is 2. The Morgan fingerprint density at radius 1 is 1.09 bits per heavy atom. The molecule has 2 aliphatic rings. The van der Waals surface area contributed by atoms with Crippen molar-refractivity contribution in [2.24, 2.45) is 5.41 Å². The summed E-state index contributed by atoms with van der Waals surface area (Å²) in [6.07, 6.45) is 10.5. The summed E-state index contributed by atoms with van der Waals surface area (Å²) in [5.41, 5.74) is 2.56. The van der Waals surface area contributed by atoms with Crippen molar-refractivity contribution in [3.63, 3.8) is 0 Å². The van der Waals surface area contributed by atoms with Crippen LogP contribution in [0.1, 0.15) is 23.2 Å². The summed E-state index contributed by atoms with van der Waals surface area (Å²) in [6, 6.07) is 7.20. The molecular formula is C25H25N7O2. The Morgan fingerprint density at radius 2 is 1.88 bits per heavy atom. The van der Waals surface area contributed by atoms with E-state index >= 15 is 0 Å². The van der Waals surface area contributed by atoms with Gasteiger partial charge in [0.25, 0.3) is 5.91 Å². The Labute approximate surface area is 196 Å². The molecule has 2 fully saturated rings. The van der Waals surface area contributed by atoms with Crippen molar-refractivity contribution in [3.8, 4) is 11.3 Å². The number of rotatable bonds is 4. The number of nitrogens with zero attached hydrogens (tertiary/aromatic N) is 6. The average Bonchev–Trinajstić information content (AvgIpc) is 3.38. The number of carbonyl (C=O) groups excluding carboxylic acids is 1. The molecule has 2 saturated heterocycles. The van der Waals surface area contributed by atoms with Crippen LogP contribution in [0.2, 0.25) is 0 Å². The molecule has 0 aliphatic carbocycles. The van der Waals surface area contributed by atoms with E-state index in [9.17, 15) is 4.79 Å². The van der Waals surface area contributed by atoms with Crippen molar-refractivity contribution in [3.05, 3.63) is 61.0 Å². The maximum atomic E-state index is 12.5. The fraction of sp³-hybridized carbons (Fsp3) is 0.320. The molecule has 1 spiro atoms. The number of fused-ring (bicyclic) bond motifs is 1. The first-order chi connectivity index (χ1) is 16.6. The molecule has 0 atom stereocenters. The smallest absolute Gasteiger partial charge is 0.256 e. The zero-order chi connectivity index (χ0) is 23.1. The minimum Gasteiger partial charge on any atom is -0.443 e. The molecule has 0 bridgehead atoms. The number of aromatic nitrogens is 4. The molecule has 0 saturated carbocycles. The highest BCUT2D eigenvalue weighted by Gasteiger charge is 2.45. The summed E-state index contributed by atoms with van der Waals surface area (Å²) >= 11 is 0. The van der Waals surface area contributed by atoms with Crippen LogP contribution in [-0.2, 0) is 0 Å². The summed E-state index contributed by atoms with van der Waals surface area (Å²) in [5.74, 6) is 1.79. The van der Waals surface area contributed by atoms with Gasteiger partial charge in [0.1, 0.15) is 11.6 Å². The zero-order valence-electron chi connectivity index (χ0n) is 18.9. The van der Waals surface area contributed by atoms with Gasteiger partial charge < -0.3 is 19.5 Å². The molecule has 6 rings (SSSR count). The Morgan fingerprint density at radius 3 is 2.62 bits per heavy atom. The molecule has 0 unspecified atom stereocenters. The third-order valence-corrected chi connectivity index (χ3v) is 6.96. The molecule has 6 heterocycles. The highest BCUT2D eigenvalue weighted by molar-refractivity contribution is 6.04. The second-order valence-corrected chi connectivity index (χ2v) is 9.34. The van der Waals surface area contributed by atoms with Gasteiger partial charge in [-0.2, -0.15) is 0 Å². The first-order valence-corrected chi connectivity index (χ1v) is 11.4. The van der Waals surface area contributed by atoms with E-state index in [1.54, 1.807) is 36.9 Å². The molecule has 1 amide bonds. The van der Waals surface area contributed by atoms with E-state index in [-0.39, 0.29) is 5.91 Å². The van der Waals surface area contributed by atoms with Gasteiger partial charge in [0.15, 0.2) is 12.2 Å². The highest BCUT2D eigenvalue weighted by atomic mass is 16.3. The van der Waals surface area contributed by atoms with Crippen LogP contribution in [0.5, 0.6) is 0 Å². The standard InChI is InChI=1S/C25H25N7O2/c1-31-8-4-25(5-9-31)14-32(15-25)23-19(21-13-27-16-34-21)10-18-11-22(28-12-20(18)29-23)30-24(33)17-2-6-26-7-3-17/h2-3,6-7,10-13,16H,4-5,8-9,14-15H2,1H3,(H,28,30,33). The quantitative estimate of drug-likeness (QED) is 0.499. The third-order valence-electron chi connectivity index (χ3n) is 6.96. The van der Waals surface area contributed by atoms with Gasteiger partial charge in [-0.3, -0.25) is 9.78 Å². The van der Waals surface area contributed by atoms with Gasteiger partial charge in [-0.1, -0.05) is 0 Å². The zero-order valence-corrected chi connectivity index (χ0v) is 18.9. The van der Waals surface area contributed by atoms with Crippen molar-refractivity contribution in [2.45, 2.75) is 12.8 Å². The lowest BCUT2D eigenvalue weighted by Gasteiger charge is -2.54. The number of amides is 1. The largest absolute Gasteiger partial charge is 0.443 e. The summed E-state index contributed by atoms with van der Waals surface area (Å²) in [4.78, 5) is 34.7. The molecule has 34 heavy (non-hydrogen) atoms. The number of oxazole rings is 1. The molecule has 4 aromatic heterocycles. The molecule has 9 heteroatoms. The Bertz CT molecular complexity index is 1320. The topological polar surface area (TPSA) is 100 Å². The summed E-state index contributed by atoms with van der Waals surface area (Å²) in [5, 5.41) is 3.72. The number of pyridine rings is 3. The Balaban J connectivity index is 1.31. The molecular weight excluding hydrogens is 430 g/mol. The summed E-state index contributed by atoms with van der Waals surface area (Å²) < 4.78 is 5.66. The van der Waals surface area contributed by atoms with Crippen LogP contribution in [0.3, 0.4) is 0 Å². The van der Waals surface area contributed by atoms with Gasteiger partial charge in [-0.15, -0.1) is 0 Å². The summed E-state index contributed by atoms with van der Waals surface area (Å²) in [6.45, 7) is 4.28. The van der Waals surface area contributed by atoms with Gasteiger partial charge >= 0.3 is 0 Å². The number of hydrogen-bond acceptors (Lipinski definition) is 8. The first-order valence-electron chi connectivity index (χ1n) is 11.4. The number of piperidine rings is 1. The lowest BCUT2D eigenvalue weighted by Crippen LogP contribution is -2.60. The maximum absolute atomic E-state index is 12.5.